The lowest BCUT2D eigenvalue weighted by Gasteiger charge is -2.34. The Hall–Kier alpha value is -2.86. The number of phenols is 1. The van der Waals surface area contributed by atoms with Gasteiger partial charge >= 0.3 is 0 Å². The Morgan fingerprint density at radius 3 is 2.30 bits per heavy atom. The number of Topliss-reactive ketones (excluding diaryl/α,β-unsaturated/α-hetero) is 1. The van der Waals surface area contributed by atoms with Crippen LogP contribution in [0, 0.1) is 0 Å². The first-order valence-electron chi connectivity index (χ1n) is 9.01. The number of para-hydroxylation sites is 1. The van der Waals surface area contributed by atoms with E-state index in [1.54, 1.807) is 54.5 Å². The van der Waals surface area contributed by atoms with Gasteiger partial charge in [-0.15, -0.1) is 0 Å². The highest BCUT2D eigenvalue weighted by Gasteiger charge is 2.23. The Balaban J connectivity index is 1.48. The van der Waals surface area contributed by atoms with Crippen LogP contribution in [0.15, 0.2) is 48.5 Å². The first-order valence-corrected chi connectivity index (χ1v) is 9.01. The van der Waals surface area contributed by atoms with Gasteiger partial charge in [-0.05, 0) is 30.3 Å². The maximum Gasteiger partial charge on any atom is 0.227 e. The number of aromatic hydroxyl groups is 1. The summed E-state index contributed by atoms with van der Waals surface area (Å²) in [6, 6.07) is 14.0. The van der Waals surface area contributed by atoms with Crippen molar-refractivity contribution >= 4 is 11.7 Å². The van der Waals surface area contributed by atoms with E-state index in [-0.39, 0.29) is 23.9 Å². The molecule has 3 rings (SSSR count). The van der Waals surface area contributed by atoms with Gasteiger partial charge in [-0.2, -0.15) is 0 Å². The van der Waals surface area contributed by atoms with Crippen LogP contribution in [-0.2, 0) is 11.2 Å². The van der Waals surface area contributed by atoms with E-state index in [2.05, 4.69) is 4.90 Å². The Morgan fingerprint density at radius 1 is 1.00 bits per heavy atom. The number of hydrogen-bond acceptors (Lipinski definition) is 5. The van der Waals surface area contributed by atoms with E-state index in [0.29, 0.717) is 43.9 Å². The standard InChI is InChI=1S/C21H24N2O4/c1-27-18-8-6-16(7-9-18)20(25)15-22-10-12-23(13-11-22)21(26)14-17-4-2-3-5-19(17)24/h2-9,24H,10-15H2,1H3. The van der Waals surface area contributed by atoms with Crippen LogP contribution in [0.4, 0.5) is 0 Å². The maximum atomic E-state index is 12.4. The predicted octanol–water partition coefficient (Wildman–Crippen LogP) is 1.97. The van der Waals surface area contributed by atoms with Gasteiger partial charge in [-0.3, -0.25) is 14.5 Å². The third kappa shape index (κ3) is 4.86. The van der Waals surface area contributed by atoms with Crippen molar-refractivity contribution in [2.75, 3.05) is 39.8 Å². The maximum absolute atomic E-state index is 12.4. The molecule has 2 aromatic rings. The third-order valence-corrected chi connectivity index (χ3v) is 4.84. The second-order valence-electron chi connectivity index (χ2n) is 6.61. The van der Waals surface area contributed by atoms with E-state index in [0.717, 1.165) is 5.75 Å². The third-order valence-electron chi connectivity index (χ3n) is 4.84. The molecule has 1 aliphatic heterocycles. The molecule has 2 aromatic carbocycles. The molecule has 6 nitrogen and oxygen atoms in total. The minimum atomic E-state index is -0.00219. The molecule has 1 aliphatic rings. The molecule has 1 amide bonds. The average Bonchev–Trinajstić information content (AvgIpc) is 2.70. The van der Waals surface area contributed by atoms with E-state index in [1.807, 2.05) is 6.07 Å². The summed E-state index contributed by atoms with van der Waals surface area (Å²) in [4.78, 5) is 28.7. The molecule has 1 N–H and O–H groups in total. The number of amides is 1. The van der Waals surface area contributed by atoms with E-state index in [9.17, 15) is 14.7 Å². The van der Waals surface area contributed by atoms with Gasteiger partial charge in [0.1, 0.15) is 11.5 Å². The van der Waals surface area contributed by atoms with Crippen LogP contribution in [0.25, 0.3) is 0 Å². The summed E-state index contributed by atoms with van der Waals surface area (Å²) in [5.74, 6) is 0.932. The SMILES string of the molecule is COc1ccc(C(=O)CN2CCN(C(=O)Cc3ccccc3O)CC2)cc1. The molecular weight excluding hydrogens is 344 g/mol. The molecule has 0 radical (unpaired) electrons. The van der Waals surface area contributed by atoms with Gasteiger partial charge in [0.2, 0.25) is 5.91 Å². The van der Waals surface area contributed by atoms with Gasteiger partial charge in [0.15, 0.2) is 5.78 Å². The molecule has 1 heterocycles. The van der Waals surface area contributed by atoms with Crippen LogP contribution < -0.4 is 4.74 Å². The molecule has 1 saturated heterocycles. The number of benzene rings is 2. The zero-order chi connectivity index (χ0) is 19.2. The number of hydrogen-bond donors (Lipinski definition) is 1. The van der Waals surface area contributed by atoms with Crippen molar-refractivity contribution in [2.24, 2.45) is 0 Å². The molecular formula is C21H24N2O4. The molecule has 0 saturated carbocycles. The first kappa shape index (κ1) is 18.9. The van der Waals surface area contributed by atoms with Crippen molar-refractivity contribution in [3.05, 3.63) is 59.7 Å². The molecule has 27 heavy (non-hydrogen) atoms. The molecule has 1 fully saturated rings. The summed E-state index contributed by atoms with van der Waals surface area (Å²) in [7, 11) is 1.59. The number of carbonyl (C=O) groups excluding carboxylic acids is 2. The summed E-state index contributed by atoms with van der Waals surface area (Å²) in [5, 5.41) is 9.82. The van der Waals surface area contributed by atoms with Gasteiger partial charge < -0.3 is 14.7 Å². The van der Waals surface area contributed by atoms with E-state index in [1.165, 1.54) is 0 Å². The van der Waals surface area contributed by atoms with Gasteiger partial charge in [-0.25, -0.2) is 0 Å². The Kier molecular flexibility index (Phi) is 6.08. The largest absolute Gasteiger partial charge is 0.508 e. The van der Waals surface area contributed by atoms with E-state index in [4.69, 9.17) is 4.74 Å². The lowest BCUT2D eigenvalue weighted by molar-refractivity contribution is -0.132. The van der Waals surface area contributed by atoms with Crippen LogP contribution in [0.3, 0.4) is 0 Å². The van der Waals surface area contributed by atoms with Gasteiger partial charge in [0.05, 0.1) is 20.1 Å². The fraction of sp³-hybridized carbons (Fsp3) is 0.333. The zero-order valence-corrected chi connectivity index (χ0v) is 15.4. The van der Waals surface area contributed by atoms with Crippen molar-refractivity contribution in [3.8, 4) is 11.5 Å². The van der Waals surface area contributed by atoms with Crippen LogP contribution >= 0.6 is 0 Å². The molecule has 6 heteroatoms. The highest BCUT2D eigenvalue weighted by atomic mass is 16.5. The predicted molar refractivity (Wildman–Crippen MR) is 102 cm³/mol. The number of methoxy groups -OCH3 is 1. The van der Waals surface area contributed by atoms with E-state index < -0.39 is 0 Å². The smallest absolute Gasteiger partial charge is 0.227 e. The summed E-state index contributed by atoms with van der Waals surface area (Å²) < 4.78 is 5.11. The highest BCUT2D eigenvalue weighted by Crippen LogP contribution is 2.18. The number of ketones is 1. The normalized spacial score (nSPS) is 14.8. The Morgan fingerprint density at radius 2 is 1.67 bits per heavy atom. The number of ether oxygens (including phenoxy) is 1. The van der Waals surface area contributed by atoms with Crippen molar-refractivity contribution in [2.45, 2.75) is 6.42 Å². The molecule has 0 unspecified atom stereocenters. The summed E-state index contributed by atoms with van der Waals surface area (Å²) >= 11 is 0. The number of rotatable bonds is 6. The fourth-order valence-corrected chi connectivity index (χ4v) is 3.16. The monoisotopic (exact) mass is 368 g/mol. The summed E-state index contributed by atoms with van der Waals surface area (Å²) in [6.45, 7) is 2.83. The topological polar surface area (TPSA) is 70.1 Å². The quantitative estimate of drug-likeness (QED) is 0.790. The highest BCUT2D eigenvalue weighted by molar-refractivity contribution is 5.97. The molecule has 0 aliphatic carbocycles. The molecule has 0 aromatic heterocycles. The Labute approximate surface area is 159 Å². The minimum absolute atomic E-state index is 0.00219. The van der Waals surface area contributed by atoms with Crippen molar-refractivity contribution < 1.29 is 19.4 Å². The summed E-state index contributed by atoms with van der Waals surface area (Å²) in [5.41, 5.74) is 1.30. The lowest BCUT2D eigenvalue weighted by atomic mass is 10.1. The number of phenolic OH excluding ortho intramolecular Hbond substituents is 1. The van der Waals surface area contributed by atoms with Crippen LogP contribution in [0.5, 0.6) is 11.5 Å². The minimum Gasteiger partial charge on any atom is -0.508 e. The number of nitrogens with zero attached hydrogens (tertiary/aromatic N) is 2. The van der Waals surface area contributed by atoms with Crippen molar-refractivity contribution in [1.29, 1.82) is 0 Å². The Bertz CT molecular complexity index is 796. The van der Waals surface area contributed by atoms with Gasteiger partial charge in [0.25, 0.3) is 0 Å². The van der Waals surface area contributed by atoms with Gasteiger partial charge in [0, 0.05) is 37.3 Å². The summed E-state index contributed by atoms with van der Waals surface area (Å²) in [6.07, 6.45) is 0.192. The van der Waals surface area contributed by atoms with Crippen LogP contribution in [0.2, 0.25) is 0 Å². The average molecular weight is 368 g/mol. The van der Waals surface area contributed by atoms with Gasteiger partial charge in [-0.1, -0.05) is 18.2 Å². The zero-order valence-electron chi connectivity index (χ0n) is 15.4. The second-order valence-corrected chi connectivity index (χ2v) is 6.61. The first-order chi connectivity index (χ1) is 13.1. The molecule has 0 atom stereocenters. The van der Waals surface area contributed by atoms with Crippen LogP contribution in [-0.4, -0.2) is 66.4 Å². The van der Waals surface area contributed by atoms with Crippen molar-refractivity contribution in [3.63, 3.8) is 0 Å². The molecule has 142 valence electrons. The van der Waals surface area contributed by atoms with Crippen molar-refractivity contribution in [1.82, 2.24) is 9.80 Å². The second kappa shape index (κ2) is 8.68. The van der Waals surface area contributed by atoms with E-state index >= 15 is 0 Å². The van der Waals surface area contributed by atoms with Crippen LogP contribution in [0.1, 0.15) is 15.9 Å². The molecule has 0 spiro atoms. The fourth-order valence-electron chi connectivity index (χ4n) is 3.16. The number of carbonyl (C=O) groups is 2. The molecule has 0 bridgehead atoms. The number of piperazine rings is 1. The lowest BCUT2D eigenvalue weighted by Crippen LogP contribution is -2.50.